The number of carbonyl (C=O) groups excluding carboxylic acids is 1. The van der Waals surface area contributed by atoms with Gasteiger partial charge in [-0.15, -0.1) is 0 Å². The largest absolute Gasteiger partial charge is 0.462 e. The number of aryl methyl sites for hydroxylation is 1. The van der Waals surface area contributed by atoms with Crippen LogP contribution in [0.15, 0.2) is 48.5 Å². The van der Waals surface area contributed by atoms with Gasteiger partial charge in [0.15, 0.2) is 0 Å². The summed E-state index contributed by atoms with van der Waals surface area (Å²) in [5.74, 6) is 0.0217. The number of hydrogen-bond acceptors (Lipinski definition) is 2. The van der Waals surface area contributed by atoms with Gasteiger partial charge in [0.25, 0.3) is 0 Å². The molecule has 2 nitrogen and oxygen atoms in total. The summed E-state index contributed by atoms with van der Waals surface area (Å²) in [6, 6.07) is 17.8. The second-order valence-corrected chi connectivity index (χ2v) is 9.60. The molecule has 0 aromatic heterocycles. The Balaban J connectivity index is 1.46. The molecule has 2 atom stereocenters. The molecule has 1 fully saturated rings. The average Bonchev–Trinajstić information content (AvgIpc) is 3.16. The number of unbranched alkanes of at least 4 members (excludes halogenated alkanes) is 7. The number of hydrogen-bond donors (Lipinski definition) is 0. The van der Waals surface area contributed by atoms with Crippen molar-refractivity contribution in [3.8, 4) is 11.1 Å². The second kappa shape index (κ2) is 13.5. The first-order chi connectivity index (χ1) is 15.7. The molecular weight excluding hydrogens is 392 g/mol. The lowest BCUT2D eigenvalue weighted by atomic mass is 9.93. The Morgan fingerprint density at radius 2 is 1.28 bits per heavy atom. The lowest BCUT2D eigenvalue weighted by Crippen LogP contribution is -2.10. The van der Waals surface area contributed by atoms with Gasteiger partial charge in [-0.1, -0.05) is 107 Å². The van der Waals surface area contributed by atoms with E-state index in [0.29, 0.717) is 0 Å². The van der Waals surface area contributed by atoms with Crippen LogP contribution in [0.25, 0.3) is 11.1 Å². The van der Waals surface area contributed by atoms with E-state index in [9.17, 15) is 4.79 Å². The summed E-state index contributed by atoms with van der Waals surface area (Å²) in [6.07, 6.45) is 15.6. The van der Waals surface area contributed by atoms with Crippen LogP contribution < -0.4 is 0 Å². The molecule has 2 aromatic carbocycles. The van der Waals surface area contributed by atoms with Crippen molar-refractivity contribution in [2.75, 3.05) is 0 Å². The first-order valence-electron chi connectivity index (χ1n) is 13.1. The molecule has 1 aliphatic rings. The summed E-state index contributed by atoms with van der Waals surface area (Å²) in [5, 5.41) is 0. The lowest BCUT2D eigenvalue weighted by Gasteiger charge is -2.09. The van der Waals surface area contributed by atoms with Crippen molar-refractivity contribution in [2.24, 2.45) is 5.92 Å². The van der Waals surface area contributed by atoms with E-state index in [2.05, 4.69) is 62.4 Å². The van der Waals surface area contributed by atoms with E-state index in [1.807, 2.05) is 0 Å². The SMILES string of the molecule is CCCCCCCc1ccc(-c2ccc(C[C@H]3C[C@@H](CCCCCC)OC3=O)cc2)cc1. The van der Waals surface area contributed by atoms with E-state index < -0.39 is 0 Å². The minimum atomic E-state index is -0.000138. The number of ether oxygens (including phenoxy) is 1. The van der Waals surface area contributed by atoms with Crippen LogP contribution in [0.2, 0.25) is 0 Å². The number of cyclic esters (lactones) is 1. The van der Waals surface area contributed by atoms with Crippen molar-refractivity contribution in [1.82, 2.24) is 0 Å². The first kappa shape index (κ1) is 24.6. The van der Waals surface area contributed by atoms with E-state index in [-0.39, 0.29) is 18.0 Å². The maximum atomic E-state index is 12.3. The van der Waals surface area contributed by atoms with Crippen molar-refractivity contribution in [3.63, 3.8) is 0 Å². The smallest absolute Gasteiger partial charge is 0.309 e. The zero-order chi connectivity index (χ0) is 22.6. The van der Waals surface area contributed by atoms with E-state index in [1.54, 1.807) is 0 Å². The maximum Gasteiger partial charge on any atom is 0.309 e. The third kappa shape index (κ3) is 7.80. The Hall–Kier alpha value is -2.09. The van der Waals surface area contributed by atoms with E-state index in [1.165, 1.54) is 86.5 Å². The van der Waals surface area contributed by atoms with Gasteiger partial charge in [-0.2, -0.15) is 0 Å². The summed E-state index contributed by atoms with van der Waals surface area (Å²) >= 11 is 0. The summed E-state index contributed by atoms with van der Waals surface area (Å²) < 4.78 is 5.64. The van der Waals surface area contributed by atoms with E-state index in [4.69, 9.17) is 4.74 Å². The van der Waals surface area contributed by atoms with Gasteiger partial charge in [-0.05, 0) is 60.8 Å². The monoisotopic (exact) mass is 434 g/mol. The Bertz CT molecular complexity index is 791. The fourth-order valence-electron chi connectivity index (χ4n) is 4.78. The Kier molecular flexibility index (Phi) is 10.3. The van der Waals surface area contributed by atoms with Gasteiger partial charge in [0.2, 0.25) is 0 Å². The van der Waals surface area contributed by atoms with Gasteiger partial charge in [0, 0.05) is 0 Å². The van der Waals surface area contributed by atoms with Gasteiger partial charge in [-0.25, -0.2) is 0 Å². The van der Waals surface area contributed by atoms with Crippen molar-refractivity contribution < 1.29 is 9.53 Å². The van der Waals surface area contributed by atoms with Crippen LogP contribution in [0.3, 0.4) is 0 Å². The molecule has 174 valence electrons. The molecule has 0 saturated carbocycles. The fourth-order valence-corrected chi connectivity index (χ4v) is 4.78. The molecule has 0 spiro atoms. The standard InChI is InChI=1S/C30H42O2/c1-3-5-7-9-10-12-24-14-18-26(19-15-24)27-20-16-25(17-21-27)22-28-23-29(32-30(28)31)13-11-8-6-4-2/h14-21,28-29H,3-13,22-23H2,1-2H3/t28-,29+/m0/s1. The summed E-state index contributed by atoms with van der Waals surface area (Å²) in [5.41, 5.74) is 5.17. The Labute approximate surface area is 195 Å². The third-order valence-electron chi connectivity index (χ3n) is 6.84. The van der Waals surface area contributed by atoms with Gasteiger partial charge in [-0.3, -0.25) is 4.79 Å². The topological polar surface area (TPSA) is 26.3 Å². The molecule has 1 aliphatic heterocycles. The molecule has 2 aromatic rings. The highest BCUT2D eigenvalue weighted by molar-refractivity contribution is 5.75. The molecule has 1 heterocycles. The second-order valence-electron chi connectivity index (χ2n) is 9.60. The molecule has 3 rings (SSSR count). The Morgan fingerprint density at radius 1 is 0.719 bits per heavy atom. The van der Waals surface area contributed by atoms with Crippen molar-refractivity contribution in [2.45, 2.75) is 103 Å². The Morgan fingerprint density at radius 3 is 1.91 bits per heavy atom. The highest BCUT2D eigenvalue weighted by Crippen LogP contribution is 2.29. The molecule has 1 saturated heterocycles. The molecule has 0 N–H and O–H groups in total. The zero-order valence-electron chi connectivity index (χ0n) is 20.3. The van der Waals surface area contributed by atoms with Gasteiger partial charge >= 0.3 is 5.97 Å². The van der Waals surface area contributed by atoms with Crippen LogP contribution in [0.5, 0.6) is 0 Å². The van der Waals surface area contributed by atoms with Crippen LogP contribution in [-0.2, 0) is 22.4 Å². The predicted octanol–water partition coefficient (Wildman–Crippen LogP) is 8.31. The van der Waals surface area contributed by atoms with Crippen LogP contribution >= 0.6 is 0 Å². The van der Waals surface area contributed by atoms with Crippen LogP contribution in [0, 0.1) is 5.92 Å². The van der Waals surface area contributed by atoms with Crippen LogP contribution in [0.1, 0.15) is 95.6 Å². The summed E-state index contributed by atoms with van der Waals surface area (Å²) in [7, 11) is 0. The predicted molar refractivity (Wildman–Crippen MR) is 135 cm³/mol. The highest BCUT2D eigenvalue weighted by Gasteiger charge is 2.33. The lowest BCUT2D eigenvalue weighted by molar-refractivity contribution is -0.144. The molecule has 0 unspecified atom stereocenters. The number of benzene rings is 2. The normalized spacial score (nSPS) is 18.1. The van der Waals surface area contributed by atoms with Crippen molar-refractivity contribution >= 4 is 5.97 Å². The van der Waals surface area contributed by atoms with Crippen molar-refractivity contribution in [1.29, 1.82) is 0 Å². The van der Waals surface area contributed by atoms with Gasteiger partial charge in [0.05, 0.1) is 5.92 Å². The van der Waals surface area contributed by atoms with E-state index >= 15 is 0 Å². The summed E-state index contributed by atoms with van der Waals surface area (Å²) in [6.45, 7) is 4.49. The third-order valence-corrected chi connectivity index (χ3v) is 6.84. The molecule has 0 amide bonds. The highest BCUT2D eigenvalue weighted by atomic mass is 16.5. The number of carbonyl (C=O) groups is 1. The van der Waals surface area contributed by atoms with Crippen LogP contribution in [-0.4, -0.2) is 12.1 Å². The molecule has 0 aliphatic carbocycles. The fraction of sp³-hybridized carbons (Fsp3) is 0.567. The maximum absolute atomic E-state index is 12.3. The van der Waals surface area contributed by atoms with Crippen molar-refractivity contribution in [3.05, 3.63) is 59.7 Å². The average molecular weight is 435 g/mol. The molecule has 2 heteroatoms. The zero-order valence-corrected chi connectivity index (χ0v) is 20.3. The molecule has 32 heavy (non-hydrogen) atoms. The first-order valence-corrected chi connectivity index (χ1v) is 13.1. The minimum absolute atomic E-state index is 0.000138. The quantitative estimate of drug-likeness (QED) is 0.221. The van der Waals surface area contributed by atoms with Crippen LogP contribution in [0.4, 0.5) is 0 Å². The molecule has 0 bridgehead atoms. The molecule has 0 radical (unpaired) electrons. The van der Waals surface area contributed by atoms with Gasteiger partial charge in [0.1, 0.15) is 6.10 Å². The minimum Gasteiger partial charge on any atom is -0.462 e. The van der Waals surface area contributed by atoms with E-state index in [0.717, 1.165) is 19.3 Å². The van der Waals surface area contributed by atoms with Gasteiger partial charge < -0.3 is 4.74 Å². The number of esters is 1. The molecular formula is C30H42O2. The number of rotatable bonds is 14. The summed E-state index contributed by atoms with van der Waals surface area (Å²) in [4.78, 5) is 12.3.